The first-order chi connectivity index (χ1) is 8.52. The van der Waals surface area contributed by atoms with Gasteiger partial charge in [0.25, 0.3) is 0 Å². The zero-order valence-corrected chi connectivity index (χ0v) is 12.3. The molecule has 0 fully saturated rings. The van der Waals surface area contributed by atoms with Crippen LogP contribution in [0.1, 0.15) is 12.5 Å². The number of hydrogen-bond donors (Lipinski definition) is 2. The van der Waals surface area contributed by atoms with Gasteiger partial charge in [0, 0.05) is 21.8 Å². The molecular formula is C12H15Cl2NO2S. The fraction of sp³-hybridized carbons (Fsp3) is 0.417. The minimum atomic E-state index is -0.211. The van der Waals surface area contributed by atoms with Gasteiger partial charge in [-0.2, -0.15) is 0 Å². The van der Waals surface area contributed by atoms with E-state index in [4.69, 9.17) is 28.3 Å². The number of benzene rings is 1. The monoisotopic (exact) mass is 307 g/mol. The van der Waals surface area contributed by atoms with E-state index < -0.39 is 0 Å². The van der Waals surface area contributed by atoms with Gasteiger partial charge in [-0.3, -0.25) is 4.79 Å². The van der Waals surface area contributed by atoms with Crippen LogP contribution < -0.4 is 5.32 Å². The van der Waals surface area contributed by atoms with Crippen LogP contribution in [0.2, 0.25) is 10.0 Å². The largest absolute Gasteiger partial charge is 0.394 e. The van der Waals surface area contributed by atoms with Gasteiger partial charge in [-0.25, -0.2) is 0 Å². The van der Waals surface area contributed by atoms with Crippen LogP contribution >= 0.6 is 35.0 Å². The molecule has 6 heteroatoms. The first-order valence-electron chi connectivity index (χ1n) is 5.45. The van der Waals surface area contributed by atoms with Gasteiger partial charge in [0.15, 0.2) is 0 Å². The van der Waals surface area contributed by atoms with Crippen LogP contribution in [0.3, 0.4) is 0 Å². The molecule has 3 nitrogen and oxygen atoms in total. The van der Waals surface area contributed by atoms with Crippen molar-refractivity contribution in [2.45, 2.75) is 18.7 Å². The second-order valence-electron chi connectivity index (χ2n) is 3.88. The molecule has 0 saturated carbocycles. The second-order valence-corrected chi connectivity index (χ2v) is 5.71. The summed E-state index contributed by atoms with van der Waals surface area (Å²) in [6, 6.07) is 5.10. The summed E-state index contributed by atoms with van der Waals surface area (Å²) < 4.78 is 0. The molecule has 1 rings (SSSR count). The Kier molecular flexibility index (Phi) is 6.86. The van der Waals surface area contributed by atoms with E-state index in [2.05, 4.69) is 5.32 Å². The minimum Gasteiger partial charge on any atom is -0.394 e. The summed E-state index contributed by atoms with van der Waals surface area (Å²) >= 11 is 13.3. The molecule has 1 atom stereocenters. The van der Waals surface area contributed by atoms with Gasteiger partial charge >= 0.3 is 0 Å². The Hall–Kier alpha value is -0.420. The van der Waals surface area contributed by atoms with Crippen LogP contribution in [0.4, 0.5) is 0 Å². The second kappa shape index (κ2) is 7.89. The maximum atomic E-state index is 11.4. The Bertz CT molecular complexity index is 415. The van der Waals surface area contributed by atoms with Crippen LogP contribution in [0.25, 0.3) is 0 Å². The molecule has 0 radical (unpaired) electrons. The van der Waals surface area contributed by atoms with Crippen molar-refractivity contribution in [2.75, 3.05) is 12.4 Å². The Balaban J connectivity index is 2.35. The van der Waals surface area contributed by atoms with Gasteiger partial charge in [-0.1, -0.05) is 29.3 Å². The minimum absolute atomic E-state index is 0.0561. The van der Waals surface area contributed by atoms with E-state index in [1.165, 1.54) is 11.8 Å². The van der Waals surface area contributed by atoms with E-state index in [0.29, 0.717) is 21.6 Å². The topological polar surface area (TPSA) is 49.3 Å². The average molecular weight is 308 g/mol. The van der Waals surface area contributed by atoms with Crippen molar-refractivity contribution in [1.29, 1.82) is 0 Å². The Morgan fingerprint density at radius 2 is 2.22 bits per heavy atom. The van der Waals surface area contributed by atoms with Gasteiger partial charge in [-0.15, -0.1) is 11.8 Å². The third-order valence-electron chi connectivity index (χ3n) is 2.19. The number of nitrogens with one attached hydrogen (secondary N) is 1. The number of aliphatic hydroxyl groups is 1. The molecule has 18 heavy (non-hydrogen) atoms. The number of carbonyl (C=O) groups excluding carboxylic acids is 1. The highest BCUT2D eigenvalue weighted by molar-refractivity contribution is 7.99. The zero-order valence-electron chi connectivity index (χ0n) is 9.95. The predicted octanol–water partition coefficient (Wildman–Crippen LogP) is 2.72. The van der Waals surface area contributed by atoms with E-state index >= 15 is 0 Å². The third-order valence-corrected chi connectivity index (χ3v) is 3.76. The van der Waals surface area contributed by atoms with Gasteiger partial charge in [-0.05, 0) is 24.6 Å². The highest BCUT2D eigenvalue weighted by Crippen LogP contribution is 2.24. The normalized spacial score (nSPS) is 12.2. The van der Waals surface area contributed by atoms with Crippen LogP contribution in [-0.2, 0) is 10.5 Å². The van der Waals surface area contributed by atoms with Crippen LogP contribution in [0.15, 0.2) is 18.2 Å². The molecule has 0 bridgehead atoms. The molecule has 0 heterocycles. The van der Waals surface area contributed by atoms with Crippen molar-refractivity contribution in [2.24, 2.45) is 0 Å². The van der Waals surface area contributed by atoms with Crippen molar-refractivity contribution in [1.82, 2.24) is 5.32 Å². The van der Waals surface area contributed by atoms with Crippen molar-refractivity contribution in [3.63, 3.8) is 0 Å². The zero-order chi connectivity index (χ0) is 13.5. The van der Waals surface area contributed by atoms with Gasteiger partial charge in [0.2, 0.25) is 5.91 Å². The van der Waals surface area contributed by atoms with E-state index in [9.17, 15) is 4.79 Å². The third kappa shape index (κ3) is 5.48. The Labute approximate surface area is 121 Å². The highest BCUT2D eigenvalue weighted by atomic mass is 35.5. The molecule has 0 saturated heterocycles. The Morgan fingerprint density at radius 1 is 1.50 bits per heavy atom. The van der Waals surface area contributed by atoms with Crippen LogP contribution in [0, 0.1) is 0 Å². The number of thioether (sulfide) groups is 1. The van der Waals surface area contributed by atoms with E-state index in [1.807, 2.05) is 6.07 Å². The van der Waals surface area contributed by atoms with Crippen molar-refractivity contribution >= 4 is 40.9 Å². The maximum Gasteiger partial charge on any atom is 0.230 e. The SMILES string of the molecule is CC(CO)NC(=O)CSCc1ccc(Cl)cc1Cl. The highest BCUT2D eigenvalue weighted by Gasteiger charge is 2.07. The maximum absolute atomic E-state index is 11.4. The summed E-state index contributed by atoms with van der Waals surface area (Å²) in [6.07, 6.45) is 0. The predicted molar refractivity (Wildman–Crippen MR) is 77.3 cm³/mol. The lowest BCUT2D eigenvalue weighted by Crippen LogP contribution is -2.36. The molecule has 2 N–H and O–H groups in total. The summed E-state index contributed by atoms with van der Waals surface area (Å²) in [4.78, 5) is 11.4. The van der Waals surface area contributed by atoms with Gasteiger partial charge in [0.05, 0.1) is 12.4 Å². The lowest BCUT2D eigenvalue weighted by atomic mass is 10.2. The number of hydrogen-bond acceptors (Lipinski definition) is 3. The summed E-state index contributed by atoms with van der Waals surface area (Å²) in [6.45, 7) is 1.69. The van der Waals surface area contributed by atoms with Crippen molar-refractivity contribution < 1.29 is 9.90 Å². The number of rotatable bonds is 6. The lowest BCUT2D eigenvalue weighted by Gasteiger charge is -2.10. The quantitative estimate of drug-likeness (QED) is 0.849. The van der Waals surface area contributed by atoms with Crippen LogP contribution in [0.5, 0.6) is 0 Å². The standard InChI is InChI=1S/C12H15Cl2NO2S/c1-8(5-16)15-12(17)7-18-6-9-2-3-10(13)4-11(9)14/h2-4,8,16H,5-7H2,1H3,(H,15,17). The Morgan fingerprint density at radius 3 is 2.83 bits per heavy atom. The number of aliphatic hydroxyl groups excluding tert-OH is 1. The molecule has 100 valence electrons. The van der Waals surface area contributed by atoms with Crippen LogP contribution in [-0.4, -0.2) is 29.4 Å². The molecule has 0 aromatic heterocycles. The number of carbonyl (C=O) groups is 1. The summed E-state index contributed by atoms with van der Waals surface area (Å²) in [5, 5.41) is 12.7. The summed E-state index contributed by atoms with van der Waals surface area (Å²) in [5.41, 5.74) is 0.953. The molecule has 0 aliphatic carbocycles. The smallest absolute Gasteiger partial charge is 0.230 e. The average Bonchev–Trinajstić information content (AvgIpc) is 2.31. The molecule has 0 aliphatic heterocycles. The molecule has 1 aromatic carbocycles. The van der Waals surface area contributed by atoms with Crippen molar-refractivity contribution in [3.05, 3.63) is 33.8 Å². The molecule has 1 aromatic rings. The fourth-order valence-electron chi connectivity index (χ4n) is 1.25. The first-order valence-corrected chi connectivity index (χ1v) is 7.36. The molecule has 1 amide bonds. The molecule has 0 aliphatic rings. The molecular weight excluding hydrogens is 293 g/mol. The summed E-state index contributed by atoms with van der Waals surface area (Å²) in [5.74, 6) is 0.895. The fourth-order valence-corrected chi connectivity index (χ4v) is 2.65. The van der Waals surface area contributed by atoms with E-state index in [-0.39, 0.29) is 18.6 Å². The number of amides is 1. The van der Waals surface area contributed by atoms with Crippen molar-refractivity contribution in [3.8, 4) is 0 Å². The first kappa shape index (κ1) is 15.6. The van der Waals surface area contributed by atoms with Gasteiger partial charge in [0.1, 0.15) is 0 Å². The summed E-state index contributed by atoms with van der Waals surface area (Å²) in [7, 11) is 0. The molecule has 0 spiro atoms. The van der Waals surface area contributed by atoms with E-state index in [1.54, 1.807) is 19.1 Å². The molecule has 1 unspecified atom stereocenters. The van der Waals surface area contributed by atoms with Gasteiger partial charge < -0.3 is 10.4 Å². The lowest BCUT2D eigenvalue weighted by molar-refractivity contribution is -0.119. The number of halogens is 2. The van der Waals surface area contributed by atoms with E-state index in [0.717, 1.165) is 5.56 Å².